The van der Waals surface area contributed by atoms with Crippen molar-refractivity contribution in [3.63, 3.8) is 0 Å². The maximum absolute atomic E-state index is 11.9. The molecule has 0 amide bonds. The summed E-state index contributed by atoms with van der Waals surface area (Å²) in [5.41, 5.74) is 3.13. The van der Waals surface area contributed by atoms with Crippen molar-refractivity contribution in [3.05, 3.63) is 34.6 Å². The summed E-state index contributed by atoms with van der Waals surface area (Å²) in [5, 5.41) is 19.6. The molecular weight excluding hydrogens is 228 g/mol. The van der Waals surface area contributed by atoms with Crippen LogP contribution in [0.25, 0.3) is 5.57 Å². The van der Waals surface area contributed by atoms with Gasteiger partial charge in [-0.2, -0.15) is 0 Å². The van der Waals surface area contributed by atoms with E-state index in [-0.39, 0.29) is 17.3 Å². The first-order valence-electron chi connectivity index (χ1n) is 6.38. The Bertz CT molecular complexity index is 502. The number of benzene rings is 1. The molecule has 96 valence electrons. The summed E-state index contributed by atoms with van der Waals surface area (Å²) in [7, 11) is 0. The lowest BCUT2D eigenvalue weighted by atomic mass is 9.90. The Labute approximate surface area is 107 Å². The van der Waals surface area contributed by atoms with Crippen LogP contribution >= 0.6 is 0 Å². The van der Waals surface area contributed by atoms with Crippen LogP contribution in [-0.2, 0) is 17.6 Å². The van der Waals surface area contributed by atoms with E-state index in [9.17, 15) is 15.0 Å². The highest BCUT2D eigenvalue weighted by Gasteiger charge is 2.27. The highest BCUT2D eigenvalue weighted by molar-refractivity contribution is 6.24. The normalized spacial score (nSPS) is 15.6. The number of carbonyl (C=O) groups is 1. The van der Waals surface area contributed by atoms with Gasteiger partial charge in [-0.3, -0.25) is 4.79 Å². The van der Waals surface area contributed by atoms with Crippen molar-refractivity contribution in [3.8, 4) is 5.75 Å². The van der Waals surface area contributed by atoms with Gasteiger partial charge in [-0.05, 0) is 41.7 Å². The molecule has 0 spiro atoms. The first-order chi connectivity index (χ1) is 8.58. The van der Waals surface area contributed by atoms with Gasteiger partial charge >= 0.3 is 0 Å². The number of hydrogen-bond acceptors (Lipinski definition) is 3. The minimum Gasteiger partial charge on any atom is -0.512 e. The van der Waals surface area contributed by atoms with Gasteiger partial charge in [-0.1, -0.05) is 13.8 Å². The van der Waals surface area contributed by atoms with Crippen molar-refractivity contribution in [1.82, 2.24) is 0 Å². The van der Waals surface area contributed by atoms with Crippen LogP contribution in [0.1, 0.15) is 43.4 Å². The van der Waals surface area contributed by atoms with Gasteiger partial charge in [-0.15, -0.1) is 0 Å². The van der Waals surface area contributed by atoms with Crippen molar-refractivity contribution in [2.75, 3.05) is 0 Å². The Hall–Kier alpha value is -1.77. The van der Waals surface area contributed by atoms with Crippen LogP contribution < -0.4 is 0 Å². The molecule has 0 saturated heterocycles. The molecule has 1 aromatic carbocycles. The molecule has 0 radical (unpaired) electrons. The molecular formula is C15H18O3. The molecule has 3 heteroatoms. The predicted octanol–water partition coefficient (Wildman–Crippen LogP) is 3.15. The van der Waals surface area contributed by atoms with Crippen LogP contribution in [0.2, 0.25) is 0 Å². The number of phenolic OH excluding ortho intramolecular Hbond substituents is 1. The third kappa shape index (κ3) is 2.01. The lowest BCUT2D eigenvalue weighted by Gasteiger charge is -2.14. The van der Waals surface area contributed by atoms with E-state index in [0.717, 1.165) is 29.5 Å². The van der Waals surface area contributed by atoms with Gasteiger partial charge in [0.25, 0.3) is 0 Å². The zero-order chi connectivity index (χ0) is 13.3. The second-order valence-electron chi connectivity index (χ2n) is 4.59. The number of hydrogen-bond donors (Lipinski definition) is 2. The number of carbonyl (C=O) groups excluding carboxylic acids is 1. The molecule has 3 nitrogen and oxygen atoms in total. The molecule has 0 unspecified atom stereocenters. The zero-order valence-electron chi connectivity index (χ0n) is 10.8. The first-order valence-corrected chi connectivity index (χ1v) is 6.38. The Balaban J connectivity index is 2.69. The molecule has 0 heterocycles. The van der Waals surface area contributed by atoms with Crippen molar-refractivity contribution < 1.29 is 15.0 Å². The highest BCUT2D eigenvalue weighted by Crippen LogP contribution is 2.36. The van der Waals surface area contributed by atoms with E-state index >= 15 is 0 Å². The molecule has 2 N–H and O–H groups in total. The van der Waals surface area contributed by atoms with E-state index in [0.29, 0.717) is 18.4 Å². The summed E-state index contributed by atoms with van der Waals surface area (Å²) in [4.78, 5) is 11.9. The van der Waals surface area contributed by atoms with Crippen molar-refractivity contribution in [2.24, 2.45) is 0 Å². The van der Waals surface area contributed by atoms with Gasteiger partial charge in [-0.25, -0.2) is 0 Å². The molecule has 2 rings (SSSR count). The SMILES string of the molecule is CCc1cc(O)cc(CC)c1C1=C(O)CCC1=O. The Morgan fingerprint density at radius 3 is 2.00 bits per heavy atom. The number of aryl methyl sites for hydroxylation is 2. The van der Waals surface area contributed by atoms with E-state index in [2.05, 4.69) is 0 Å². The molecule has 0 bridgehead atoms. The summed E-state index contributed by atoms with van der Waals surface area (Å²) < 4.78 is 0. The summed E-state index contributed by atoms with van der Waals surface area (Å²) >= 11 is 0. The van der Waals surface area contributed by atoms with Crippen LogP contribution in [0.3, 0.4) is 0 Å². The summed E-state index contributed by atoms with van der Waals surface area (Å²) in [6.07, 6.45) is 2.26. The second kappa shape index (κ2) is 4.84. The van der Waals surface area contributed by atoms with E-state index in [1.165, 1.54) is 0 Å². The van der Waals surface area contributed by atoms with Gasteiger partial charge in [0.15, 0.2) is 5.78 Å². The third-order valence-corrected chi connectivity index (χ3v) is 3.45. The van der Waals surface area contributed by atoms with Crippen molar-refractivity contribution >= 4 is 11.4 Å². The smallest absolute Gasteiger partial charge is 0.167 e. The van der Waals surface area contributed by atoms with Gasteiger partial charge in [0.2, 0.25) is 0 Å². The standard InChI is InChI=1S/C15H18O3/c1-3-9-7-11(16)8-10(4-2)14(9)15-12(17)5-6-13(15)18/h7-8,16-17H,3-6H2,1-2H3. The van der Waals surface area contributed by atoms with E-state index in [4.69, 9.17) is 0 Å². The molecule has 0 fully saturated rings. The number of aliphatic hydroxyl groups is 1. The Kier molecular flexibility index (Phi) is 3.41. The maximum atomic E-state index is 11.9. The molecule has 1 aromatic rings. The molecule has 1 aliphatic rings. The Morgan fingerprint density at radius 2 is 1.61 bits per heavy atom. The zero-order valence-corrected chi connectivity index (χ0v) is 10.8. The lowest BCUT2D eigenvalue weighted by Crippen LogP contribution is -2.04. The average molecular weight is 246 g/mol. The molecule has 18 heavy (non-hydrogen) atoms. The van der Waals surface area contributed by atoms with Gasteiger partial charge < -0.3 is 10.2 Å². The largest absolute Gasteiger partial charge is 0.512 e. The highest BCUT2D eigenvalue weighted by atomic mass is 16.3. The summed E-state index contributed by atoms with van der Waals surface area (Å²) in [6, 6.07) is 3.36. The third-order valence-electron chi connectivity index (χ3n) is 3.45. The van der Waals surface area contributed by atoms with E-state index in [1.807, 2.05) is 13.8 Å². The van der Waals surface area contributed by atoms with Crippen LogP contribution in [0, 0.1) is 0 Å². The predicted molar refractivity (Wildman–Crippen MR) is 70.7 cm³/mol. The Morgan fingerprint density at radius 1 is 1.06 bits per heavy atom. The van der Waals surface area contributed by atoms with Crippen molar-refractivity contribution in [1.29, 1.82) is 0 Å². The number of Topliss-reactive ketones (excluding diaryl/α,β-unsaturated/α-hetero) is 1. The van der Waals surface area contributed by atoms with Crippen LogP contribution in [0.5, 0.6) is 5.75 Å². The number of phenols is 1. The lowest BCUT2D eigenvalue weighted by molar-refractivity contribution is -0.113. The quantitative estimate of drug-likeness (QED) is 0.861. The molecule has 0 saturated carbocycles. The van der Waals surface area contributed by atoms with Crippen molar-refractivity contribution in [2.45, 2.75) is 39.5 Å². The molecule has 0 aliphatic heterocycles. The minimum atomic E-state index is 0.00240. The number of aliphatic hydroxyl groups excluding tert-OH is 1. The minimum absolute atomic E-state index is 0.00240. The average Bonchev–Trinajstić information content (AvgIpc) is 2.68. The summed E-state index contributed by atoms with van der Waals surface area (Å²) in [5.74, 6) is 0.413. The summed E-state index contributed by atoms with van der Waals surface area (Å²) in [6.45, 7) is 3.96. The van der Waals surface area contributed by atoms with Crippen LogP contribution in [0.15, 0.2) is 17.9 Å². The fraction of sp³-hybridized carbons (Fsp3) is 0.400. The number of aromatic hydroxyl groups is 1. The molecule has 0 atom stereocenters. The van der Waals surface area contributed by atoms with Crippen LogP contribution in [-0.4, -0.2) is 16.0 Å². The number of allylic oxidation sites excluding steroid dienone is 2. The van der Waals surface area contributed by atoms with Gasteiger partial charge in [0.1, 0.15) is 11.5 Å². The number of ketones is 1. The topological polar surface area (TPSA) is 57.5 Å². The maximum Gasteiger partial charge on any atom is 0.167 e. The van der Waals surface area contributed by atoms with Gasteiger partial charge in [0, 0.05) is 12.8 Å². The first kappa shape index (κ1) is 12.7. The second-order valence-corrected chi connectivity index (χ2v) is 4.59. The fourth-order valence-electron chi connectivity index (χ4n) is 2.55. The molecule has 0 aromatic heterocycles. The monoisotopic (exact) mass is 246 g/mol. The van der Waals surface area contributed by atoms with Gasteiger partial charge in [0.05, 0.1) is 5.57 Å². The molecule has 1 aliphatic carbocycles. The van der Waals surface area contributed by atoms with Crippen LogP contribution in [0.4, 0.5) is 0 Å². The van der Waals surface area contributed by atoms with E-state index < -0.39 is 0 Å². The van der Waals surface area contributed by atoms with E-state index in [1.54, 1.807) is 12.1 Å². The number of rotatable bonds is 3. The fourth-order valence-corrected chi connectivity index (χ4v) is 2.55.